The minimum atomic E-state index is -1.31. The van der Waals surface area contributed by atoms with Crippen LogP contribution in [0.5, 0.6) is 5.75 Å². The molecule has 6 nitrogen and oxygen atoms in total. The van der Waals surface area contributed by atoms with Gasteiger partial charge in [0.25, 0.3) is 5.91 Å². The first-order valence-electron chi connectivity index (χ1n) is 8.57. The zero-order valence-corrected chi connectivity index (χ0v) is 14.9. The number of benzene rings is 3. The van der Waals surface area contributed by atoms with Crippen LogP contribution in [0.25, 0.3) is 0 Å². The molecule has 1 atom stereocenters. The van der Waals surface area contributed by atoms with Gasteiger partial charge in [-0.05, 0) is 35.4 Å². The number of hydrogen-bond donors (Lipinski definition) is 2. The van der Waals surface area contributed by atoms with Gasteiger partial charge in [-0.15, -0.1) is 0 Å². The van der Waals surface area contributed by atoms with Gasteiger partial charge in [-0.1, -0.05) is 60.7 Å². The van der Waals surface area contributed by atoms with Gasteiger partial charge in [0.2, 0.25) is 0 Å². The number of amides is 1. The summed E-state index contributed by atoms with van der Waals surface area (Å²) in [6.07, 6.45) is 0.0895. The van der Waals surface area contributed by atoms with Crippen molar-refractivity contribution in [3.63, 3.8) is 0 Å². The highest BCUT2D eigenvalue weighted by Crippen LogP contribution is 2.15. The van der Waals surface area contributed by atoms with Gasteiger partial charge in [0, 0.05) is 0 Å². The molecule has 0 saturated carbocycles. The molecule has 0 fully saturated rings. The highest BCUT2D eigenvalue weighted by Gasteiger charge is 2.16. The number of ether oxygens (including phenoxy) is 1. The van der Waals surface area contributed by atoms with Gasteiger partial charge in [-0.3, -0.25) is 4.79 Å². The monoisotopic (exact) mass is 374 g/mol. The molecule has 3 aromatic carbocycles. The highest BCUT2D eigenvalue weighted by atomic mass is 16.5. The maximum atomic E-state index is 12.1. The van der Waals surface area contributed by atoms with Crippen LogP contribution in [0.4, 0.5) is 0 Å². The quantitative estimate of drug-likeness (QED) is 0.300. The van der Waals surface area contributed by atoms with Gasteiger partial charge in [0.05, 0.1) is 11.8 Å². The van der Waals surface area contributed by atoms with E-state index in [-0.39, 0.29) is 0 Å². The van der Waals surface area contributed by atoms with Crippen LogP contribution in [0.1, 0.15) is 27.6 Å². The molecule has 2 N–H and O–H groups in total. The zero-order valence-electron chi connectivity index (χ0n) is 14.9. The average molecular weight is 374 g/mol. The summed E-state index contributed by atoms with van der Waals surface area (Å²) in [5, 5.41) is 13.8. The number of aliphatic hydroxyl groups is 1. The summed E-state index contributed by atoms with van der Waals surface area (Å²) in [7, 11) is 0. The molecule has 0 bridgehead atoms. The molecule has 3 rings (SSSR count). The summed E-state index contributed by atoms with van der Waals surface area (Å²) < 4.78 is 5.34. The second-order valence-corrected chi connectivity index (χ2v) is 5.88. The smallest absolute Gasteiger partial charge is 0.343 e. The van der Waals surface area contributed by atoms with Crippen molar-refractivity contribution in [2.45, 2.75) is 6.10 Å². The Morgan fingerprint density at radius 2 is 1.61 bits per heavy atom. The molecular weight excluding hydrogens is 356 g/mol. The van der Waals surface area contributed by atoms with Crippen molar-refractivity contribution in [2.24, 2.45) is 5.10 Å². The summed E-state index contributed by atoms with van der Waals surface area (Å²) in [5.41, 5.74) is 3.83. The SMILES string of the molecule is O=C(Oc1cccc(/C=N\NC(=O)[C@@H](O)c2ccccc2)c1)c1ccccc1. The number of carbonyl (C=O) groups excluding carboxylic acids is 2. The molecule has 1 amide bonds. The summed E-state index contributed by atoms with van der Waals surface area (Å²) in [6.45, 7) is 0. The number of esters is 1. The number of nitrogens with one attached hydrogen (secondary N) is 1. The molecule has 28 heavy (non-hydrogen) atoms. The standard InChI is InChI=1S/C22H18N2O4/c25-20(17-9-3-1-4-10-17)21(26)24-23-15-16-8-7-13-19(14-16)28-22(27)18-11-5-2-6-12-18/h1-15,20,25H,(H,24,26)/b23-15-/t20-/m0/s1. The van der Waals surface area contributed by atoms with Gasteiger partial charge < -0.3 is 9.84 Å². The van der Waals surface area contributed by atoms with Crippen molar-refractivity contribution in [3.8, 4) is 5.75 Å². The van der Waals surface area contributed by atoms with Crippen LogP contribution < -0.4 is 10.2 Å². The van der Waals surface area contributed by atoms with Gasteiger partial charge in [0.1, 0.15) is 5.75 Å². The minimum Gasteiger partial charge on any atom is -0.423 e. The van der Waals surface area contributed by atoms with Crippen molar-refractivity contribution in [1.29, 1.82) is 0 Å². The molecule has 0 aliphatic heterocycles. The third-order valence-electron chi connectivity index (χ3n) is 3.83. The van der Waals surface area contributed by atoms with Crippen molar-refractivity contribution in [3.05, 3.63) is 102 Å². The first kappa shape index (κ1) is 19.0. The number of aliphatic hydroxyl groups excluding tert-OH is 1. The minimum absolute atomic E-state index is 0.355. The number of hydrazone groups is 1. The molecule has 0 aliphatic rings. The zero-order chi connectivity index (χ0) is 19.8. The molecular formula is C22H18N2O4. The summed E-state index contributed by atoms with van der Waals surface area (Å²) in [5.74, 6) is -0.753. The lowest BCUT2D eigenvalue weighted by Crippen LogP contribution is -2.25. The molecule has 0 aliphatic carbocycles. The maximum absolute atomic E-state index is 12.1. The van der Waals surface area contributed by atoms with Crippen LogP contribution in [0.3, 0.4) is 0 Å². The molecule has 0 spiro atoms. The van der Waals surface area contributed by atoms with E-state index < -0.39 is 18.0 Å². The maximum Gasteiger partial charge on any atom is 0.343 e. The topological polar surface area (TPSA) is 88.0 Å². The Bertz CT molecular complexity index is 972. The van der Waals surface area contributed by atoms with Crippen LogP contribution in [-0.2, 0) is 4.79 Å². The molecule has 0 saturated heterocycles. The van der Waals surface area contributed by atoms with E-state index in [2.05, 4.69) is 10.5 Å². The predicted octanol–water partition coefficient (Wildman–Crippen LogP) is 3.09. The second-order valence-electron chi connectivity index (χ2n) is 5.88. The molecule has 3 aromatic rings. The Morgan fingerprint density at radius 3 is 2.32 bits per heavy atom. The third-order valence-corrected chi connectivity index (χ3v) is 3.83. The first-order valence-corrected chi connectivity index (χ1v) is 8.57. The van der Waals surface area contributed by atoms with E-state index in [1.807, 2.05) is 6.07 Å². The predicted molar refractivity (Wildman–Crippen MR) is 105 cm³/mol. The van der Waals surface area contributed by atoms with Gasteiger partial charge in [-0.2, -0.15) is 5.10 Å². The van der Waals surface area contributed by atoms with Gasteiger partial charge >= 0.3 is 5.97 Å². The lowest BCUT2D eigenvalue weighted by atomic mass is 10.1. The summed E-state index contributed by atoms with van der Waals surface area (Å²) in [6, 6.07) is 23.9. The molecule has 0 unspecified atom stereocenters. The summed E-state index contributed by atoms with van der Waals surface area (Å²) in [4.78, 5) is 24.1. The van der Waals surface area contributed by atoms with E-state index in [4.69, 9.17) is 4.74 Å². The fourth-order valence-electron chi connectivity index (χ4n) is 2.42. The van der Waals surface area contributed by atoms with Gasteiger partial charge in [-0.25, -0.2) is 10.2 Å². The van der Waals surface area contributed by atoms with E-state index in [9.17, 15) is 14.7 Å². The van der Waals surface area contributed by atoms with Crippen LogP contribution >= 0.6 is 0 Å². The molecule has 0 radical (unpaired) electrons. The van der Waals surface area contributed by atoms with E-state index in [1.54, 1.807) is 78.9 Å². The van der Waals surface area contributed by atoms with E-state index in [1.165, 1.54) is 6.21 Å². The van der Waals surface area contributed by atoms with Crippen molar-refractivity contribution in [2.75, 3.05) is 0 Å². The number of rotatable bonds is 6. The van der Waals surface area contributed by atoms with Crippen LogP contribution in [0.2, 0.25) is 0 Å². The molecule has 0 heterocycles. The normalized spacial score (nSPS) is 11.8. The van der Waals surface area contributed by atoms with Crippen molar-refractivity contribution < 1.29 is 19.4 Å². The summed E-state index contributed by atoms with van der Waals surface area (Å²) >= 11 is 0. The van der Waals surface area contributed by atoms with E-state index in [0.717, 1.165) is 0 Å². The molecule has 0 aromatic heterocycles. The number of carbonyl (C=O) groups is 2. The number of hydrogen-bond acceptors (Lipinski definition) is 5. The largest absolute Gasteiger partial charge is 0.423 e. The lowest BCUT2D eigenvalue weighted by molar-refractivity contribution is -0.129. The third kappa shape index (κ3) is 5.12. The number of nitrogens with zero attached hydrogens (tertiary/aromatic N) is 1. The van der Waals surface area contributed by atoms with E-state index >= 15 is 0 Å². The van der Waals surface area contributed by atoms with E-state index in [0.29, 0.717) is 22.4 Å². The van der Waals surface area contributed by atoms with Crippen LogP contribution in [0.15, 0.2) is 90.0 Å². The fraction of sp³-hybridized carbons (Fsp3) is 0.0455. The lowest BCUT2D eigenvalue weighted by Gasteiger charge is -2.08. The first-order chi connectivity index (χ1) is 13.6. The highest BCUT2D eigenvalue weighted by molar-refractivity contribution is 5.91. The fourth-order valence-corrected chi connectivity index (χ4v) is 2.42. The van der Waals surface area contributed by atoms with Crippen molar-refractivity contribution in [1.82, 2.24) is 5.43 Å². The Balaban J connectivity index is 1.59. The van der Waals surface area contributed by atoms with Crippen molar-refractivity contribution >= 4 is 18.1 Å². The molecule has 140 valence electrons. The van der Waals surface area contributed by atoms with Gasteiger partial charge in [0.15, 0.2) is 6.10 Å². The Kier molecular flexibility index (Phi) is 6.28. The molecule has 6 heteroatoms. The second kappa shape index (κ2) is 9.25. The van der Waals surface area contributed by atoms with Crippen LogP contribution in [-0.4, -0.2) is 23.2 Å². The Morgan fingerprint density at radius 1 is 0.929 bits per heavy atom. The Hall–Kier alpha value is -3.77. The Labute approximate surface area is 162 Å². The van der Waals surface area contributed by atoms with Crippen LogP contribution in [0, 0.1) is 0 Å². The average Bonchev–Trinajstić information content (AvgIpc) is 2.74.